The SMILES string of the molecule is CC=CCC(CC)(CC=CC)[SiH](OCC)OCC. The third-order valence-corrected chi connectivity index (χ3v) is 6.51. The molecule has 2 nitrogen and oxygen atoms in total. The van der Waals surface area contributed by atoms with E-state index in [4.69, 9.17) is 8.85 Å². The highest BCUT2D eigenvalue weighted by Gasteiger charge is 2.39. The molecule has 0 rings (SSSR count). The van der Waals surface area contributed by atoms with Crippen LogP contribution in [0.4, 0.5) is 0 Å². The smallest absolute Gasteiger partial charge is 0.328 e. The first kappa shape index (κ1) is 17.6. The second-order valence-corrected chi connectivity index (χ2v) is 7.06. The highest BCUT2D eigenvalue weighted by atomic mass is 28.3. The first-order chi connectivity index (χ1) is 8.70. The fourth-order valence-electron chi connectivity index (χ4n) is 2.14. The number of hydrogen-bond acceptors (Lipinski definition) is 2. The maximum Gasteiger partial charge on any atom is 0.328 e. The van der Waals surface area contributed by atoms with Gasteiger partial charge in [0.05, 0.1) is 0 Å². The Balaban J connectivity index is 5.05. The molecule has 0 aliphatic heterocycles. The summed E-state index contributed by atoms with van der Waals surface area (Å²) in [6.45, 7) is 12.0. The summed E-state index contributed by atoms with van der Waals surface area (Å²) in [5.41, 5.74) is 0. The molecule has 0 aliphatic carbocycles. The lowest BCUT2D eigenvalue weighted by molar-refractivity contribution is 0.181. The van der Waals surface area contributed by atoms with Crippen LogP contribution in [0, 0.1) is 0 Å². The van der Waals surface area contributed by atoms with Crippen LogP contribution in [0.15, 0.2) is 24.3 Å². The summed E-state index contributed by atoms with van der Waals surface area (Å²) in [7, 11) is -1.65. The summed E-state index contributed by atoms with van der Waals surface area (Å²) < 4.78 is 12.0. The molecule has 0 aliphatic rings. The van der Waals surface area contributed by atoms with E-state index >= 15 is 0 Å². The van der Waals surface area contributed by atoms with Crippen LogP contribution in [-0.4, -0.2) is 22.5 Å². The zero-order valence-corrected chi connectivity index (χ0v) is 13.9. The summed E-state index contributed by atoms with van der Waals surface area (Å²) in [5.74, 6) is 0. The van der Waals surface area contributed by atoms with Crippen LogP contribution < -0.4 is 0 Å². The molecular weight excluding hydrogens is 240 g/mol. The molecule has 0 amide bonds. The van der Waals surface area contributed by atoms with E-state index in [1.807, 2.05) is 0 Å². The summed E-state index contributed by atoms with van der Waals surface area (Å²) in [6, 6.07) is 0. The third-order valence-electron chi connectivity index (χ3n) is 3.36. The van der Waals surface area contributed by atoms with Crippen LogP contribution in [0.25, 0.3) is 0 Å². The molecule has 0 bridgehead atoms. The van der Waals surface area contributed by atoms with Gasteiger partial charge < -0.3 is 8.85 Å². The van der Waals surface area contributed by atoms with Gasteiger partial charge in [-0.15, -0.1) is 0 Å². The molecule has 0 spiro atoms. The van der Waals surface area contributed by atoms with E-state index in [1.54, 1.807) is 0 Å². The van der Waals surface area contributed by atoms with Gasteiger partial charge in [0.2, 0.25) is 0 Å². The van der Waals surface area contributed by atoms with Crippen LogP contribution in [0.3, 0.4) is 0 Å². The Morgan fingerprint density at radius 2 is 1.33 bits per heavy atom. The van der Waals surface area contributed by atoms with Crippen molar-refractivity contribution in [3.8, 4) is 0 Å². The quantitative estimate of drug-likeness (QED) is 0.434. The van der Waals surface area contributed by atoms with E-state index in [1.165, 1.54) is 0 Å². The normalized spacial score (nSPS) is 15.9. The minimum atomic E-state index is -1.65. The fraction of sp³-hybridized carbons (Fsp3) is 0.733. The van der Waals surface area contributed by atoms with Crippen molar-refractivity contribution >= 4 is 9.28 Å². The minimum absolute atomic E-state index is 0.186. The molecule has 0 aromatic heterocycles. The lowest BCUT2D eigenvalue weighted by Gasteiger charge is -2.36. The topological polar surface area (TPSA) is 18.5 Å². The molecule has 0 heterocycles. The monoisotopic (exact) mass is 270 g/mol. The molecule has 18 heavy (non-hydrogen) atoms. The molecule has 0 fully saturated rings. The van der Waals surface area contributed by atoms with Crippen molar-refractivity contribution < 1.29 is 8.85 Å². The van der Waals surface area contributed by atoms with E-state index in [0.29, 0.717) is 0 Å². The van der Waals surface area contributed by atoms with Gasteiger partial charge in [-0.1, -0.05) is 31.2 Å². The van der Waals surface area contributed by atoms with Gasteiger partial charge in [-0.25, -0.2) is 0 Å². The summed E-state index contributed by atoms with van der Waals surface area (Å²) >= 11 is 0. The van der Waals surface area contributed by atoms with Crippen LogP contribution in [0.2, 0.25) is 5.04 Å². The predicted molar refractivity (Wildman–Crippen MR) is 82.2 cm³/mol. The van der Waals surface area contributed by atoms with Gasteiger partial charge >= 0.3 is 9.28 Å². The first-order valence-electron chi connectivity index (χ1n) is 7.16. The van der Waals surface area contributed by atoms with Gasteiger partial charge in [-0.3, -0.25) is 0 Å². The lowest BCUT2D eigenvalue weighted by Crippen LogP contribution is -2.38. The Morgan fingerprint density at radius 1 is 0.889 bits per heavy atom. The second kappa shape index (κ2) is 10.5. The Bertz CT molecular complexity index is 229. The highest BCUT2D eigenvalue weighted by Crippen LogP contribution is 2.43. The molecule has 106 valence electrons. The van der Waals surface area contributed by atoms with Crippen molar-refractivity contribution in [2.24, 2.45) is 0 Å². The largest absolute Gasteiger partial charge is 0.396 e. The summed E-state index contributed by atoms with van der Waals surface area (Å²) in [5, 5.41) is 0.186. The Kier molecular flexibility index (Phi) is 10.3. The second-order valence-electron chi connectivity index (χ2n) is 4.50. The lowest BCUT2D eigenvalue weighted by atomic mass is 9.96. The van der Waals surface area contributed by atoms with Crippen molar-refractivity contribution in [2.45, 2.75) is 58.9 Å². The maximum absolute atomic E-state index is 5.98. The summed E-state index contributed by atoms with van der Waals surface area (Å²) in [4.78, 5) is 0. The van der Waals surface area contributed by atoms with Gasteiger partial charge in [0, 0.05) is 18.3 Å². The van der Waals surface area contributed by atoms with Gasteiger partial charge in [0.1, 0.15) is 0 Å². The number of rotatable bonds is 10. The fourth-order valence-corrected chi connectivity index (χ4v) is 4.54. The van der Waals surface area contributed by atoms with Crippen LogP contribution in [0.5, 0.6) is 0 Å². The Hall–Kier alpha value is -0.383. The number of hydrogen-bond donors (Lipinski definition) is 0. The molecule has 0 aromatic carbocycles. The van der Waals surface area contributed by atoms with Crippen molar-refractivity contribution in [3.05, 3.63) is 24.3 Å². The predicted octanol–water partition coefficient (Wildman–Crippen LogP) is 4.36. The van der Waals surface area contributed by atoms with E-state index < -0.39 is 9.28 Å². The molecule has 0 radical (unpaired) electrons. The van der Waals surface area contributed by atoms with Crippen molar-refractivity contribution in [2.75, 3.05) is 13.2 Å². The molecule has 0 saturated carbocycles. The van der Waals surface area contributed by atoms with E-state index in [-0.39, 0.29) is 5.04 Å². The van der Waals surface area contributed by atoms with Crippen LogP contribution >= 0.6 is 0 Å². The zero-order valence-electron chi connectivity index (χ0n) is 12.7. The van der Waals surface area contributed by atoms with E-state index in [2.05, 4.69) is 58.9 Å². The summed E-state index contributed by atoms with van der Waals surface area (Å²) in [6.07, 6.45) is 12.0. The average Bonchev–Trinajstić information content (AvgIpc) is 2.40. The van der Waals surface area contributed by atoms with Gasteiger partial charge in [0.25, 0.3) is 0 Å². The van der Waals surface area contributed by atoms with Gasteiger partial charge in [-0.2, -0.15) is 0 Å². The van der Waals surface area contributed by atoms with E-state index in [0.717, 1.165) is 32.5 Å². The third kappa shape index (κ3) is 5.51. The Labute approximate surface area is 115 Å². The van der Waals surface area contributed by atoms with Crippen molar-refractivity contribution in [1.82, 2.24) is 0 Å². The zero-order chi connectivity index (χ0) is 13.9. The molecule has 3 heteroatoms. The molecule has 0 unspecified atom stereocenters. The molecule has 0 saturated heterocycles. The average molecular weight is 270 g/mol. The van der Waals surface area contributed by atoms with Crippen LogP contribution in [0.1, 0.15) is 53.9 Å². The van der Waals surface area contributed by atoms with Crippen molar-refractivity contribution in [3.63, 3.8) is 0 Å². The number of allylic oxidation sites excluding steroid dienone is 4. The molecule has 0 N–H and O–H groups in total. The van der Waals surface area contributed by atoms with Crippen LogP contribution in [-0.2, 0) is 8.85 Å². The molecule has 0 aromatic rings. The standard InChI is InChI=1S/C15H30O2Si/c1-6-11-13-15(8-3,14-12-7-2)18(16-9-4)17-10-5/h6-7,11-12,18H,8-10,13-14H2,1-5H3. The van der Waals surface area contributed by atoms with Crippen molar-refractivity contribution in [1.29, 1.82) is 0 Å². The maximum atomic E-state index is 5.98. The highest BCUT2D eigenvalue weighted by molar-refractivity contribution is 6.48. The Morgan fingerprint density at radius 3 is 1.61 bits per heavy atom. The molecular formula is C15H30O2Si. The van der Waals surface area contributed by atoms with E-state index in [9.17, 15) is 0 Å². The van der Waals surface area contributed by atoms with Gasteiger partial charge in [-0.05, 0) is 47.0 Å². The van der Waals surface area contributed by atoms with Gasteiger partial charge in [0.15, 0.2) is 0 Å². The minimum Gasteiger partial charge on any atom is -0.396 e. The molecule has 0 atom stereocenters. The first-order valence-corrected chi connectivity index (χ1v) is 8.68.